The van der Waals surface area contributed by atoms with E-state index in [0.717, 1.165) is 19.4 Å². The number of nitrogens with two attached hydrogens (primary N) is 1. The van der Waals surface area contributed by atoms with Gasteiger partial charge in [0.25, 0.3) is 11.8 Å². The molecule has 0 unspecified atom stereocenters. The van der Waals surface area contributed by atoms with Crippen LogP contribution in [0, 0.1) is 11.8 Å². The predicted molar refractivity (Wildman–Crippen MR) is 104 cm³/mol. The van der Waals surface area contributed by atoms with Crippen LogP contribution in [0.2, 0.25) is 0 Å². The number of piperidine rings is 1. The third-order valence-electron chi connectivity index (χ3n) is 5.23. The topological polar surface area (TPSA) is 75.4 Å². The largest absolute Gasteiger partial charge is 0.398 e. The van der Waals surface area contributed by atoms with Crippen molar-refractivity contribution in [2.24, 2.45) is 11.8 Å². The molecule has 1 aliphatic heterocycles. The molecule has 1 saturated heterocycles. The van der Waals surface area contributed by atoms with Gasteiger partial charge in [-0.2, -0.15) is 0 Å². The molecule has 26 heavy (non-hydrogen) atoms. The molecule has 1 aromatic rings. The number of carbonyl (C=O) groups excluding carboxylic acids is 2. The molecule has 5 nitrogen and oxygen atoms in total. The molecule has 140 valence electrons. The second kappa shape index (κ2) is 7.94. The Labute approximate surface area is 155 Å². The summed E-state index contributed by atoms with van der Waals surface area (Å²) in [6.07, 6.45) is 7.87. The Morgan fingerprint density at radius 3 is 2.77 bits per heavy atom. The fourth-order valence-corrected chi connectivity index (χ4v) is 3.85. The van der Waals surface area contributed by atoms with Gasteiger partial charge in [0, 0.05) is 30.0 Å². The number of nitrogens with zero attached hydrogens (tertiary/aromatic N) is 1. The summed E-state index contributed by atoms with van der Waals surface area (Å²) in [5.41, 5.74) is 8.59. The highest BCUT2D eigenvalue weighted by atomic mass is 16.2. The third kappa shape index (κ3) is 3.92. The van der Waals surface area contributed by atoms with Crippen LogP contribution in [0.3, 0.4) is 0 Å². The van der Waals surface area contributed by atoms with Crippen LogP contribution in [0.1, 0.15) is 66.7 Å². The number of rotatable bonds is 4. The first-order valence-corrected chi connectivity index (χ1v) is 9.67. The molecular formula is C21H29N3O2. The van der Waals surface area contributed by atoms with E-state index in [1.165, 1.54) is 25.0 Å². The van der Waals surface area contributed by atoms with Gasteiger partial charge in [-0.1, -0.05) is 19.9 Å². The van der Waals surface area contributed by atoms with Crippen molar-refractivity contribution in [3.05, 3.63) is 41.1 Å². The van der Waals surface area contributed by atoms with E-state index < -0.39 is 0 Å². The summed E-state index contributed by atoms with van der Waals surface area (Å²) in [7, 11) is 0. The second-order valence-electron chi connectivity index (χ2n) is 7.76. The van der Waals surface area contributed by atoms with Crippen LogP contribution < -0.4 is 11.1 Å². The Hall–Kier alpha value is -2.30. The van der Waals surface area contributed by atoms with Crippen molar-refractivity contribution in [3.8, 4) is 0 Å². The fourth-order valence-electron chi connectivity index (χ4n) is 3.85. The first-order chi connectivity index (χ1) is 12.5. The Kier molecular flexibility index (Phi) is 5.64. The number of carbonyl (C=O) groups is 2. The van der Waals surface area contributed by atoms with Gasteiger partial charge >= 0.3 is 0 Å². The smallest absolute Gasteiger partial charge is 0.258 e. The van der Waals surface area contributed by atoms with E-state index in [-0.39, 0.29) is 11.8 Å². The monoisotopic (exact) mass is 355 g/mol. The van der Waals surface area contributed by atoms with Crippen LogP contribution in [0.15, 0.2) is 30.0 Å². The molecule has 1 atom stereocenters. The summed E-state index contributed by atoms with van der Waals surface area (Å²) in [4.78, 5) is 27.2. The highest BCUT2D eigenvalue weighted by Crippen LogP contribution is 2.35. The molecule has 0 radical (unpaired) electrons. The second-order valence-corrected chi connectivity index (χ2v) is 7.76. The van der Waals surface area contributed by atoms with Gasteiger partial charge in [0.1, 0.15) is 0 Å². The average Bonchev–Trinajstić information content (AvgIpc) is 2.65. The van der Waals surface area contributed by atoms with E-state index >= 15 is 0 Å². The summed E-state index contributed by atoms with van der Waals surface area (Å²) in [5.74, 6) is 0.684. The van der Waals surface area contributed by atoms with Crippen molar-refractivity contribution in [2.75, 3.05) is 18.8 Å². The Bertz CT molecular complexity index is 724. The van der Waals surface area contributed by atoms with E-state index in [2.05, 4.69) is 11.4 Å². The zero-order valence-electron chi connectivity index (χ0n) is 15.8. The van der Waals surface area contributed by atoms with E-state index in [0.29, 0.717) is 35.2 Å². The fraction of sp³-hybridized carbons (Fsp3) is 0.524. The normalized spacial score (nSPS) is 19.7. The minimum absolute atomic E-state index is 0.0105. The van der Waals surface area contributed by atoms with Crippen LogP contribution in [0.25, 0.3) is 0 Å². The maximum atomic E-state index is 13.0. The molecule has 5 heteroatoms. The Morgan fingerprint density at radius 2 is 2.04 bits per heavy atom. The van der Waals surface area contributed by atoms with Crippen LogP contribution in [0.4, 0.5) is 5.69 Å². The number of amides is 2. The maximum absolute atomic E-state index is 13.0. The minimum Gasteiger partial charge on any atom is -0.398 e. The molecule has 1 heterocycles. The molecule has 1 aromatic carbocycles. The summed E-state index contributed by atoms with van der Waals surface area (Å²) in [6, 6.07) is 5.02. The Balaban J connectivity index is 1.77. The first kappa shape index (κ1) is 18.5. The van der Waals surface area contributed by atoms with Gasteiger partial charge in [-0.25, -0.2) is 0 Å². The van der Waals surface area contributed by atoms with E-state index in [9.17, 15) is 9.59 Å². The zero-order chi connectivity index (χ0) is 18.7. The van der Waals surface area contributed by atoms with Gasteiger partial charge in [0.05, 0.1) is 5.56 Å². The standard InChI is InChI=1S/C21H29N3O2/c1-14(2)13-23-20(25)17-10-9-16(12-18(17)22)21(26)24-11-5-7-15-6-3-4-8-19(15)24/h8-10,12,14-15H,3-7,11,13,22H2,1-2H3,(H,23,25)/t15-/m0/s1. The van der Waals surface area contributed by atoms with Crippen molar-refractivity contribution in [1.29, 1.82) is 0 Å². The molecule has 2 aliphatic rings. The summed E-state index contributed by atoms with van der Waals surface area (Å²) < 4.78 is 0. The van der Waals surface area contributed by atoms with Crippen LogP contribution >= 0.6 is 0 Å². The molecule has 3 rings (SSSR count). The van der Waals surface area contributed by atoms with E-state index in [1.54, 1.807) is 18.2 Å². The predicted octanol–water partition coefficient (Wildman–Crippen LogP) is 3.57. The highest BCUT2D eigenvalue weighted by molar-refractivity contribution is 6.02. The van der Waals surface area contributed by atoms with Gasteiger partial charge in [0.2, 0.25) is 0 Å². The zero-order valence-corrected chi connectivity index (χ0v) is 15.8. The van der Waals surface area contributed by atoms with E-state index in [1.807, 2.05) is 18.7 Å². The van der Waals surface area contributed by atoms with Gasteiger partial charge in [-0.05, 0) is 62.1 Å². The highest BCUT2D eigenvalue weighted by Gasteiger charge is 2.31. The van der Waals surface area contributed by atoms with Crippen molar-refractivity contribution >= 4 is 17.5 Å². The van der Waals surface area contributed by atoms with Crippen LogP contribution in [-0.4, -0.2) is 29.8 Å². The number of fused-ring (bicyclic) bond motifs is 1. The van der Waals surface area contributed by atoms with Crippen LogP contribution in [-0.2, 0) is 0 Å². The lowest BCUT2D eigenvalue weighted by atomic mass is 9.84. The number of allylic oxidation sites excluding steroid dienone is 2. The lowest BCUT2D eigenvalue weighted by Crippen LogP contribution is -2.39. The maximum Gasteiger partial charge on any atom is 0.258 e. The third-order valence-corrected chi connectivity index (χ3v) is 5.23. The van der Waals surface area contributed by atoms with Gasteiger partial charge in [-0.15, -0.1) is 0 Å². The summed E-state index contributed by atoms with van der Waals surface area (Å²) in [5, 5.41) is 2.87. The van der Waals surface area contributed by atoms with Crippen molar-refractivity contribution < 1.29 is 9.59 Å². The minimum atomic E-state index is -0.191. The molecule has 0 spiro atoms. The number of nitrogen functional groups attached to an aromatic ring is 1. The van der Waals surface area contributed by atoms with Crippen molar-refractivity contribution in [3.63, 3.8) is 0 Å². The van der Waals surface area contributed by atoms with Gasteiger partial charge in [0.15, 0.2) is 0 Å². The van der Waals surface area contributed by atoms with E-state index in [4.69, 9.17) is 5.73 Å². The molecule has 1 aliphatic carbocycles. The van der Waals surface area contributed by atoms with Gasteiger partial charge in [-0.3, -0.25) is 9.59 Å². The number of likely N-dealkylation sites (tertiary alicyclic amines) is 1. The molecular weight excluding hydrogens is 326 g/mol. The molecule has 3 N–H and O–H groups in total. The number of hydrogen-bond acceptors (Lipinski definition) is 3. The average molecular weight is 355 g/mol. The molecule has 0 saturated carbocycles. The Morgan fingerprint density at radius 1 is 1.27 bits per heavy atom. The number of benzene rings is 1. The van der Waals surface area contributed by atoms with Crippen LogP contribution in [0.5, 0.6) is 0 Å². The summed E-state index contributed by atoms with van der Waals surface area (Å²) in [6.45, 7) is 5.44. The van der Waals surface area contributed by atoms with Crippen molar-refractivity contribution in [1.82, 2.24) is 10.2 Å². The lowest BCUT2D eigenvalue weighted by molar-refractivity contribution is 0.0748. The molecule has 2 amide bonds. The van der Waals surface area contributed by atoms with Crippen molar-refractivity contribution in [2.45, 2.75) is 46.0 Å². The number of nitrogens with one attached hydrogen (secondary N) is 1. The number of anilines is 1. The number of hydrogen-bond donors (Lipinski definition) is 2. The SMILES string of the molecule is CC(C)CNC(=O)c1ccc(C(=O)N2CCC[C@@H]3CCCC=C32)cc1N. The molecule has 0 aromatic heterocycles. The lowest BCUT2D eigenvalue weighted by Gasteiger charge is -2.38. The summed E-state index contributed by atoms with van der Waals surface area (Å²) >= 11 is 0. The first-order valence-electron chi connectivity index (χ1n) is 9.67. The van der Waals surface area contributed by atoms with Gasteiger partial charge < -0.3 is 16.0 Å². The molecule has 0 bridgehead atoms. The molecule has 1 fully saturated rings. The quantitative estimate of drug-likeness (QED) is 0.811.